The van der Waals surface area contributed by atoms with Crippen LogP contribution in [0.3, 0.4) is 0 Å². The number of halogens is 3. The first kappa shape index (κ1) is 16.8. The van der Waals surface area contributed by atoms with Gasteiger partial charge >= 0.3 is 12.3 Å². The SMILES string of the molecule is O=C(O)Oc1csc(-c2c(C(F)(F)F)oc3cc(O)ccc3c2=O)c1. The molecule has 2 aromatic heterocycles. The molecule has 0 bridgehead atoms. The van der Waals surface area contributed by atoms with Crippen LogP contribution < -0.4 is 10.2 Å². The van der Waals surface area contributed by atoms with Crippen molar-refractivity contribution in [3.8, 4) is 21.9 Å². The maximum Gasteiger partial charge on any atom is 0.511 e. The van der Waals surface area contributed by atoms with Gasteiger partial charge in [-0.3, -0.25) is 4.79 Å². The molecule has 0 spiro atoms. The zero-order valence-corrected chi connectivity index (χ0v) is 12.8. The molecular weight excluding hydrogens is 365 g/mol. The highest BCUT2D eigenvalue weighted by molar-refractivity contribution is 7.13. The quantitative estimate of drug-likeness (QED) is 0.651. The minimum Gasteiger partial charge on any atom is -0.508 e. The van der Waals surface area contributed by atoms with E-state index in [0.717, 1.165) is 29.6 Å². The lowest BCUT2D eigenvalue weighted by atomic mass is 10.1. The number of rotatable bonds is 2. The summed E-state index contributed by atoms with van der Waals surface area (Å²) in [5.74, 6) is -2.12. The van der Waals surface area contributed by atoms with E-state index < -0.39 is 34.7 Å². The van der Waals surface area contributed by atoms with Crippen LogP contribution in [0.2, 0.25) is 0 Å². The molecule has 0 aliphatic rings. The van der Waals surface area contributed by atoms with Gasteiger partial charge in [0.15, 0.2) is 0 Å². The number of hydrogen-bond acceptors (Lipinski definition) is 6. The second-order valence-corrected chi connectivity index (χ2v) is 5.74. The van der Waals surface area contributed by atoms with Crippen molar-refractivity contribution in [3.05, 3.63) is 45.6 Å². The van der Waals surface area contributed by atoms with Gasteiger partial charge in [-0.2, -0.15) is 13.2 Å². The first-order valence-electron chi connectivity index (χ1n) is 6.53. The van der Waals surface area contributed by atoms with Gasteiger partial charge in [0, 0.05) is 16.3 Å². The third-order valence-electron chi connectivity index (χ3n) is 3.16. The minimum absolute atomic E-state index is 0.157. The Balaban J connectivity index is 2.30. The summed E-state index contributed by atoms with van der Waals surface area (Å²) < 4.78 is 49.2. The molecule has 0 amide bonds. The molecule has 1 aromatic carbocycles. The number of ether oxygens (including phenoxy) is 1. The van der Waals surface area contributed by atoms with Gasteiger partial charge in [-0.05, 0) is 18.2 Å². The average Bonchev–Trinajstić information content (AvgIpc) is 2.93. The average molecular weight is 372 g/mol. The Morgan fingerprint density at radius 3 is 2.60 bits per heavy atom. The summed E-state index contributed by atoms with van der Waals surface area (Å²) in [5, 5.41) is 18.9. The molecular formula is C15H7F3O6S. The van der Waals surface area contributed by atoms with Crippen LogP contribution in [0.4, 0.5) is 18.0 Å². The van der Waals surface area contributed by atoms with Gasteiger partial charge in [-0.15, -0.1) is 11.3 Å². The molecule has 0 fully saturated rings. The van der Waals surface area contributed by atoms with Gasteiger partial charge in [0.1, 0.15) is 17.1 Å². The standard InChI is InChI=1S/C15H7F3O6S/c16-15(17,18)13-11(10-4-7(5-25-10)23-14(21)22)12(20)8-2-1-6(19)3-9(8)24-13/h1-5,19H,(H,21,22). The van der Waals surface area contributed by atoms with Crippen LogP contribution in [0.1, 0.15) is 5.76 Å². The molecule has 2 heterocycles. The molecule has 0 aliphatic heterocycles. The first-order valence-corrected chi connectivity index (χ1v) is 7.41. The summed E-state index contributed by atoms with van der Waals surface area (Å²) in [4.78, 5) is 22.9. The lowest BCUT2D eigenvalue weighted by molar-refractivity contribution is -0.152. The Hall–Kier alpha value is -3.01. The first-order chi connectivity index (χ1) is 11.7. The number of hydrogen-bond donors (Lipinski definition) is 2. The number of benzene rings is 1. The maximum absolute atomic E-state index is 13.3. The highest BCUT2D eigenvalue weighted by Gasteiger charge is 2.39. The molecule has 25 heavy (non-hydrogen) atoms. The van der Waals surface area contributed by atoms with Crippen LogP contribution in [0, 0.1) is 0 Å². The van der Waals surface area contributed by atoms with Crippen LogP contribution in [-0.4, -0.2) is 16.4 Å². The van der Waals surface area contributed by atoms with E-state index in [1.54, 1.807) is 0 Å². The monoisotopic (exact) mass is 372 g/mol. The Bertz CT molecular complexity index is 1030. The molecule has 0 saturated carbocycles. The van der Waals surface area contributed by atoms with Gasteiger partial charge in [0.25, 0.3) is 0 Å². The van der Waals surface area contributed by atoms with E-state index in [-0.39, 0.29) is 21.8 Å². The van der Waals surface area contributed by atoms with Crippen molar-refractivity contribution >= 4 is 28.5 Å². The normalized spacial score (nSPS) is 11.6. The molecule has 130 valence electrons. The molecule has 0 unspecified atom stereocenters. The zero-order valence-electron chi connectivity index (χ0n) is 12.0. The smallest absolute Gasteiger partial charge is 0.508 e. The van der Waals surface area contributed by atoms with Crippen molar-refractivity contribution in [2.45, 2.75) is 6.18 Å². The van der Waals surface area contributed by atoms with Crippen molar-refractivity contribution in [1.82, 2.24) is 0 Å². The summed E-state index contributed by atoms with van der Waals surface area (Å²) in [6, 6.07) is 4.20. The van der Waals surface area contributed by atoms with Gasteiger partial charge in [-0.25, -0.2) is 4.79 Å². The minimum atomic E-state index is -4.98. The molecule has 0 saturated heterocycles. The number of alkyl halides is 3. The van der Waals surface area contributed by atoms with Crippen LogP contribution in [0.15, 0.2) is 38.9 Å². The fourth-order valence-corrected chi connectivity index (χ4v) is 3.06. The van der Waals surface area contributed by atoms with Crippen LogP contribution in [0.25, 0.3) is 21.4 Å². The number of thiophene rings is 1. The molecule has 0 aliphatic carbocycles. The van der Waals surface area contributed by atoms with Gasteiger partial charge < -0.3 is 19.4 Å². The van der Waals surface area contributed by atoms with Crippen LogP contribution in [0.5, 0.6) is 11.5 Å². The third kappa shape index (κ3) is 3.15. The molecule has 10 heteroatoms. The molecule has 0 radical (unpaired) electrons. The van der Waals surface area contributed by atoms with E-state index in [1.165, 1.54) is 0 Å². The fraction of sp³-hybridized carbons (Fsp3) is 0.0667. The predicted molar refractivity (Wildman–Crippen MR) is 81.1 cm³/mol. The molecule has 3 rings (SSSR count). The number of aromatic hydroxyl groups is 1. The van der Waals surface area contributed by atoms with Crippen molar-refractivity contribution in [2.24, 2.45) is 0 Å². The van der Waals surface area contributed by atoms with E-state index in [1.807, 2.05) is 0 Å². The van der Waals surface area contributed by atoms with E-state index in [9.17, 15) is 27.9 Å². The third-order valence-corrected chi connectivity index (χ3v) is 4.09. The highest BCUT2D eigenvalue weighted by Crippen LogP contribution is 2.40. The summed E-state index contributed by atoms with van der Waals surface area (Å²) in [7, 11) is 0. The number of phenols is 1. The summed E-state index contributed by atoms with van der Waals surface area (Å²) >= 11 is 0.703. The molecule has 3 aromatic rings. The second-order valence-electron chi connectivity index (χ2n) is 4.83. The Labute approximate surface area is 140 Å². The number of carboxylic acid groups (broad SMARTS) is 1. The fourth-order valence-electron chi connectivity index (χ4n) is 2.21. The number of fused-ring (bicyclic) bond motifs is 1. The van der Waals surface area contributed by atoms with Crippen molar-refractivity contribution < 1.29 is 37.3 Å². The van der Waals surface area contributed by atoms with Gasteiger partial charge in [0.2, 0.25) is 11.2 Å². The van der Waals surface area contributed by atoms with Crippen molar-refractivity contribution in [3.63, 3.8) is 0 Å². The topological polar surface area (TPSA) is 97.0 Å². The molecule has 2 N–H and O–H groups in total. The van der Waals surface area contributed by atoms with Gasteiger partial charge in [0.05, 0.1) is 10.9 Å². The number of carbonyl (C=O) groups is 1. The van der Waals surface area contributed by atoms with E-state index in [2.05, 4.69) is 4.74 Å². The second kappa shape index (κ2) is 5.81. The molecule has 6 nitrogen and oxygen atoms in total. The summed E-state index contributed by atoms with van der Waals surface area (Å²) in [5.41, 5.74) is -2.13. The largest absolute Gasteiger partial charge is 0.511 e. The predicted octanol–water partition coefficient (Wildman–Crippen LogP) is 4.30. The van der Waals surface area contributed by atoms with E-state index >= 15 is 0 Å². The van der Waals surface area contributed by atoms with Crippen LogP contribution in [-0.2, 0) is 6.18 Å². The number of phenolic OH excluding ortho intramolecular Hbond substituents is 1. The van der Waals surface area contributed by atoms with E-state index in [4.69, 9.17) is 9.52 Å². The van der Waals surface area contributed by atoms with Gasteiger partial charge in [-0.1, -0.05) is 0 Å². The Kier molecular flexibility index (Phi) is 3.91. The maximum atomic E-state index is 13.3. The zero-order chi connectivity index (χ0) is 18.4. The molecule has 0 atom stereocenters. The lowest BCUT2D eigenvalue weighted by Gasteiger charge is -2.11. The Morgan fingerprint density at radius 2 is 1.96 bits per heavy atom. The lowest BCUT2D eigenvalue weighted by Crippen LogP contribution is -2.15. The van der Waals surface area contributed by atoms with Crippen LogP contribution >= 0.6 is 11.3 Å². The summed E-state index contributed by atoms with van der Waals surface area (Å²) in [6.45, 7) is 0. The van der Waals surface area contributed by atoms with E-state index in [0.29, 0.717) is 11.3 Å². The Morgan fingerprint density at radius 1 is 1.24 bits per heavy atom. The highest BCUT2D eigenvalue weighted by atomic mass is 32.1. The van der Waals surface area contributed by atoms with Crippen molar-refractivity contribution in [2.75, 3.05) is 0 Å². The summed E-state index contributed by atoms with van der Waals surface area (Å²) in [6.07, 6.45) is -6.62. The van der Waals surface area contributed by atoms with Crippen molar-refractivity contribution in [1.29, 1.82) is 0 Å².